The maximum Gasteiger partial charge on any atom is 0.407 e. The molecule has 3 amide bonds. The van der Waals surface area contributed by atoms with Crippen LogP contribution < -0.4 is 5.32 Å². The fourth-order valence-electron chi connectivity index (χ4n) is 11.6. The lowest BCUT2D eigenvalue weighted by molar-refractivity contribution is -0.149. The SMILES string of the molecule is CO[C@H]([C@@H](C)C(=O)C[C@@H](Cc1ccccc1)c1nccs1)[C@@H]1CCCN1C(=O)C[C@@H](OC)[C@H](C1CCCC1)N(C)C(=O)[C@@H](CC(=O)C(C)(C)NC(=O)OCC1c2ccccc2-c2ccccc21)C(C)C. The van der Waals surface area contributed by atoms with Gasteiger partial charge in [0.25, 0.3) is 0 Å². The number of thiazole rings is 1. The second kappa shape index (κ2) is 23.8. The molecule has 7 rings (SSSR count). The van der Waals surface area contributed by atoms with Crippen molar-refractivity contribution in [1.82, 2.24) is 20.1 Å². The van der Waals surface area contributed by atoms with Gasteiger partial charge in [-0.05, 0) is 85.6 Å². The average Bonchev–Trinajstić information content (AvgIpc) is 4.21. The molecule has 3 aliphatic rings. The molecule has 0 spiro atoms. The minimum Gasteiger partial charge on any atom is -0.449 e. The number of alkyl carbamates (subject to hydrolysis) is 1. The van der Waals surface area contributed by atoms with E-state index >= 15 is 0 Å². The Balaban J connectivity index is 0.991. The number of benzene rings is 3. The molecule has 2 aliphatic carbocycles. The first-order valence-corrected chi connectivity index (χ1v) is 26.3. The molecule has 1 saturated heterocycles. The molecule has 0 unspecified atom stereocenters. The van der Waals surface area contributed by atoms with E-state index in [9.17, 15) is 24.0 Å². The van der Waals surface area contributed by atoms with Crippen LogP contribution in [0.5, 0.6) is 0 Å². The van der Waals surface area contributed by atoms with E-state index in [0.717, 1.165) is 64.9 Å². The molecule has 0 radical (unpaired) electrons. The summed E-state index contributed by atoms with van der Waals surface area (Å²) in [6, 6.07) is 25.7. The van der Waals surface area contributed by atoms with Crippen LogP contribution in [0.25, 0.3) is 11.1 Å². The van der Waals surface area contributed by atoms with Crippen LogP contribution in [0.3, 0.4) is 0 Å². The second-order valence-electron chi connectivity index (χ2n) is 20.7. The van der Waals surface area contributed by atoms with Crippen LogP contribution in [0.4, 0.5) is 4.79 Å². The minimum atomic E-state index is -1.32. The topological polar surface area (TPSA) is 144 Å². The van der Waals surface area contributed by atoms with Gasteiger partial charge in [-0.3, -0.25) is 19.2 Å². The van der Waals surface area contributed by atoms with Crippen LogP contribution in [0.15, 0.2) is 90.4 Å². The first kappa shape index (κ1) is 52.6. The Bertz CT molecular complexity index is 2360. The number of carbonyl (C=O) groups is 5. The van der Waals surface area contributed by atoms with Gasteiger partial charge in [0, 0.05) is 75.9 Å². The standard InChI is InChI=1S/C57H74N4O8S/c1-36(2)45(33-50(63)57(4,5)59-56(66)69-35-46-43-25-16-14-23-41(43)42-24-15-17-26-44(42)46)55(65)60(6)52(39-21-12-13-22-39)49(67-7)34-51(64)61-29-18-27-47(61)53(68-8)37(3)48(62)32-40(54-58-28-30-70-54)31-38-19-10-9-11-20-38/h9-11,14-17,19-20,23-26,28,30,36-37,39-40,45-47,49,52-53H,12-13,18,21-22,27,29,31-35H2,1-8H3,(H,59,66)/t37-,40+,45-,47-,49+,52-,53+/m0/s1. The quantitative estimate of drug-likeness (QED) is 0.0768. The number of fused-ring (bicyclic) bond motifs is 3. The van der Waals surface area contributed by atoms with Crippen molar-refractivity contribution in [2.75, 3.05) is 34.4 Å². The third-order valence-corrected chi connectivity index (χ3v) is 16.5. The van der Waals surface area contributed by atoms with Crippen molar-refractivity contribution in [3.05, 3.63) is 112 Å². The molecule has 1 aliphatic heterocycles. The summed E-state index contributed by atoms with van der Waals surface area (Å²) in [7, 11) is 5.01. The smallest absolute Gasteiger partial charge is 0.407 e. The Morgan fingerprint density at radius 3 is 2.07 bits per heavy atom. The summed E-state index contributed by atoms with van der Waals surface area (Å²) in [6.07, 6.45) is 6.24. The summed E-state index contributed by atoms with van der Waals surface area (Å²) < 4.78 is 18.2. The predicted octanol–water partition coefficient (Wildman–Crippen LogP) is 10.0. The summed E-state index contributed by atoms with van der Waals surface area (Å²) in [5.41, 5.74) is 4.26. The van der Waals surface area contributed by atoms with Crippen molar-refractivity contribution in [3.63, 3.8) is 0 Å². The molecule has 70 heavy (non-hydrogen) atoms. The van der Waals surface area contributed by atoms with Crippen LogP contribution in [0.1, 0.15) is 126 Å². The van der Waals surface area contributed by atoms with Crippen molar-refractivity contribution in [2.45, 2.75) is 140 Å². The number of likely N-dealkylation sites (N-methyl/N-ethyl adjacent to an activating group) is 1. The lowest BCUT2D eigenvalue weighted by atomic mass is 9.82. The normalized spacial score (nSPS) is 18.6. The number of nitrogens with zero attached hydrogens (tertiary/aromatic N) is 3. The minimum absolute atomic E-state index is 0.0517. The second-order valence-corrected chi connectivity index (χ2v) is 21.7. The Labute approximate surface area is 419 Å². The number of Topliss-reactive ketones (excluding diaryl/α,β-unsaturated/α-hetero) is 2. The van der Waals surface area contributed by atoms with E-state index in [4.69, 9.17) is 14.2 Å². The zero-order chi connectivity index (χ0) is 50.1. The Kier molecular flexibility index (Phi) is 17.9. The van der Waals surface area contributed by atoms with E-state index in [2.05, 4.69) is 46.7 Å². The van der Waals surface area contributed by atoms with E-state index in [0.29, 0.717) is 25.8 Å². The molecular weight excluding hydrogens is 901 g/mol. The van der Waals surface area contributed by atoms with Gasteiger partial charge in [0.15, 0.2) is 5.78 Å². The summed E-state index contributed by atoms with van der Waals surface area (Å²) in [5.74, 6) is -1.96. The van der Waals surface area contributed by atoms with Gasteiger partial charge in [0.2, 0.25) is 11.8 Å². The Morgan fingerprint density at radius 2 is 1.47 bits per heavy atom. The number of ether oxygens (including phenoxy) is 3. The first-order chi connectivity index (χ1) is 33.6. The van der Waals surface area contributed by atoms with Crippen molar-refractivity contribution >= 4 is 40.8 Å². The Hall–Kier alpha value is -5.24. The number of methoxy groups -OCH3 is 2. The van der Waals surface area contributed by atoms with Crippen LogP contribution >= 0.6 is 11.3 Å². The van der Waals surface area contributed by atoms with Crippen molar-refractivity contribution in [2.24, 2.45) is 23.7 Å². The molecule has 2 heterocycles. The maximum absolute atomic E-state index is 14.8. The summed E-state index contributed by atoms with van der Waals surface area (Å²) >= 11 is 1.56. The third-order valence-electron chi connectivity index (χ3n) is 15.6. The predicted molar refractivity (Wildman–Crippen MR) is 273 cm³/mol. The van der Waals surface area contributed by atoms with Gasteiger partial charge in [-0.2, -0.15) is 0 Å². The molecule has 7 atom stereocenters. The van der Waals surface area contributed by atoms with Crippen LogP contribution in [-0.2, 0) is 39.8 Å². The first-order valence-electron chi connectivity index (χ1n) is 25.4. The highest BCUT2D eigenvalue weighted by Gasteiger charge is 2.45. The lowest BCUT2D eigenvalue weighted by Gasteiger charge is -2.41. The van der Waals surface area contributed by atoms with Crippen molar-refractivity contribution in [3.8, 4) is 11.1 Å². The van der Waals surface area contributed by atoms with Crippen LogP contribution in [0.2, 0.25) is 0 Å². The average molecular weight is 975 g/mol. The highest BCUT2D eigenvalue weighted by molar-refractivity contribution is 7.09. The Morgan fingerprint density at radius 1 is 0.829 bits per heavy atom. The highest BCUT2D eigenvalue weighted by atomic mass is 32.1. The van der Waals surface area contributed by atoms with Gasteiger partial charge in [0.05, 0.1) is 41.3 Å². The fourth-order valence-corrected chi connectivity index (χ4v) is 12.3. The summed E-state index contributed by atoms with van der Waals surface area (Å²) in [5, 5.41) is 5.68. The molecule has 12 nitrogen and oxygen atoms in total. The molecule has 1 saturated carbocycles. The number of nitrogens with one attached hydrogen (secondary N) is 1. The number of aromatic nitrogens is 1. The van der Waals surface area contributed by atoms with Gasteiger partial charge >= 0.3 is 6.09 Å². The fraction of sp³-hybridized carbons (Fsp3) is 0.544. The number of amides is 3. The van der Waals surface area contributed by atoms with Crippen LogP contribution in [0, 0.1) is 23.7 Å². The van der Waals surface area contributed by atoms with E-state index in [1.54, 1.807) is 57.5 Å². The number of ketones is 2. The number of hydrogen-bond donors (Lipinski definition) is 1. The molecule has 2 fully saturated rings. The molecule has 4 aromatic rings. The molecule has 1 aromatic heterocycles. The number of rotatable bonds is 23. The van der Waals surface area contributed by atoms with E-state index in [1.165, 1.54) is 0 Å². The number of carbonyl (C=O) groups excluding carboxylic acids is 5. The molecule has 1 N–H and O–H groups in total. The van der Waals surface area contributed by atoms with Crippen molar-refractivity contribution < 1.29 is 38.2 Å². The molecule has 0 bridgehead atoms. The molecule has 3 aromatic carbocycles. The van der Waals surface area contributed by atoms with E-state index < -0.39 is 41.7 Å². The van der Waals surface area contributed by atoms with Gasteiger partial charge in [-0.25, -0.2) is 9.78 Å². The molecule has 376 valence electrons. The van der Waals surface area contributed by atoms with Crippen molar-refractivity contribution in [1.29, 1.82) is 0 Å². The number of likely N-dealkylation sites (tertiary alicyclic amines) is 1. The zero-order valence-electron chi connectivity index (χ0n) is 42.4. The summed E-state index contributed by atoms with van der Waals surface area (Å²) in [4.78, 5) is 79.4. The monoisotopic (exact) mass is 975 g/mol. The van der Waals surface area contributed by atoms with Gasteiger partial charge in [-0.15, -0.1) is 11.3 Å². The third kappa shape index (κ3) is 12.1. The maximum atomic E-state index is 14.8. The zero-order valence-corrected chi connectivity index (χ0v) is 43.3. The van der Waals surface area contributed by atoms with Gasteiger partial charge in [-0.1, -0.05) is 112 Å². The van der Waals surface area contributed by atoms with Gasteiger partial charge in [0.1, 0.15) is 12.4 Å². The highest BCUT2D eigenvalue weighted by Crippen LogP contribution is 2.45. The van der Waals surface area contributed by atoms with E-state index in [-0.39, 0.29) is 72.5 Å². The largest absolute Gasteiger partial charge is 0.449 e. The lowest BCUT2D eigenvalue weighted by Crippen LogP contribution is -2.55. The summed E-state index contributed by atoms with van der Waals surface area (Å²) in [6.45, 7) is 9.74. The number of hydrogen-bond acceptors (Lipinski definition) is 10. The molecular formula is C57H74N4O8S. The van der Waals surface area contributed by atoms with Gasteiger partial charge < -0.3 is 29.3 Å². The van der Waals surface area contributed by atoms with E-state index in [1.807, 2.05) is 73.5 Å². The molecule has 13 heteroatoms. The van der Waals surface area contributed by atoms with Crippen LogP contribution in [-0.4, -0.2) is 109 Å².